The van der Waals surface area contributed by atoms with Gasteiger partial charge >= 0.3 is 0 Å². The van der Waals surface area contributed by atoms with Gasteiger partial charge in [0.1, 0.15) is 0 Å². The topological polar surface area (TPSA) is 71.8 Å². The second kappa shape index (κ2) is 4.27. The van der Waals surface area contributed by atoms with E-state index in [-0.39, 0.29) is 5.56 Å². The van der Waals surface area contributed by atoms with Crippen LogP contribution in [0.3, 0.4) is 0 Å². The quantitative estimate of drug-likeness (QED) is 0.797. The van der Waals surface area contributed by atoms with Crippen LogP contribution in [0.2, 0.25) is 0 Å². The first-order valence-corrected chi connectivity index (χ1v) is 4.90. The summed E-state index contributed by atoms with van der Waals surface area (Å²) >= 11 is 5.53. The van der Waals surface area contributed by atoms with Crippen LogP contribution >= 0.6 is 11.6 Å². The van der Waals surface area contributed by atoms with Gasteiger partial charge in [0.2, 0.25) is 17.3 Å². The first-order chi connectivity index (χ1) is 7.29. The van der Waals surface area contributed by atoms with Gasteiger partial charge in [0.25, 0.3) is 0 Å². The van der Waals surface area contributed by atoms with Crippen molar-refractivity contribution >= 4 is 11.6 Å². The van der Waals surface area contributed by atoms with Gasteiger partial charge in [-0.2, -0.15) is 0 Å². The van der Waals surface area contributed by atoms with Crippen molar-refractivity contribution in [3.05, 3.63) is 34.6 Å². The number of aromatic nitrogens is 3. The zero-order valence-electron chi connectivity index (χ0n) is 7.74. The molecule has 2 aromatic rings. The minimum Gasteiger partial charge on any atom is -0.421 e. The van der Waals surface area contributed by atoms with Crippen molar-refractivity contribution in [1.29, 1.82) is 0 Å². The number of rotatable bonds is 3. The normalized spacial score (nSPS) is 10.5. The van der Waals surface area contributed by atoms with E-state index in [0.29, 0.717) is 29.6 Å². The van der Waals surface area contributed by atoms with Crippen LogP contribution in [0.1, 0.15) is 5.89 Å². The monoisotopic (exact) mass is 225 g/mol. The molecule has 0 aliphatic carbocycles. The highest BCUT2D eigenvalue weighted by molar-refractivity contribution is 6.17. The Bertz CT molecular complexity index is 506. The first-order valence-electron chi connectivity index (χ1n) is 4.37. The molecular formula is C9H8ClN3O2. The second-order valence-corrected chi connectivity index (χ2v) is 3.26. The fourth-order valence-electron chi connectivity index (χ4n) is 1.13. The summed E-state index contributed by atoms with van der Waals surface area (Å²) < 4.78 is 5.31. The van der Waals surface area contributed by atoms with E-state index < -0.39 is 0 Å². The number of aromatic amines is 1. The lowest BCUT2D eigenvalue weighted by Gasteiger charge is -1.91. The van der Waals surface area contributed by atoms with Gasteiger partial charge < -0.3 is 9.40 Å². The summed E-state index contributed by atoms with van der Waals surface area (Å²) in [6, 6.07) is 3.09. The zero-order chi connectivity index (χ0) is 10.7. The third-order valence-corrected chi connectivity index (χ3v) is 1.99. The molecule has 0 aliphatic heterocycles. The molecule has 2 aromatic heterocycles. The van der Waals surface area contributed by atoms with Gasteiger partial charge in [-0.1, -0.05) is 0 Å². The van der Waals surface area contributed by atoms with Crippen LogP contribution in [0.4, 0.5) is 0 Å². The Hall–Kier alpha value is -1.62. The molecule has 0 spiro atoms. The van der Waals surface area contributed by atoms with Crippen molar-refractivity contribution in [2.45, 2.75) is 6.42 Å². The third kappa shape index (κ3) is 2.24. The second-order valence-electron chi connectivity index (χ2n) is 2.88. The van der Waals surface area contributed by atoms with Gasteiger partial charge in [0.05, 0.1) is 0 Å². The number of nitrogens with one attached hydrogen (secondary N) is 1. The van der Waals surface area contributed by atoms with Gasteiger partial charge in [-0.25, -0.2) is 0 Å². The molecule has 0 radical (unpaired) electrons. The SMILES string of the molecule is O=c1cc(-c2nnc(CCCl)o2)cc[nH]1. The Kier molecular flexibility index (Phi) is 2.82. The Labute approximate surface area is 90.1 Å². The molecule has 78 valence electrons. The van der Waals surface area contributed by atoms with E-state index in [1.165, 1.54) is 12.3 Å². The first kappa shape index (κ1) is 9.92. The summed E-state index contributed by atoms with van der Waals surface area (Å²) in [6.45, 7) is 0. The van der Waals surface area contributed by atoms with Crippen molar-refractivity contribution in [2.75, 3.05) is 5.88 Å². The minimum absolute atomic E-state index is 0.204. The maximum atomic E-state index is 11.0. The number of hydrogen-bond donors (Lipinski definition) is 1. The Morgan fingerprint density at radius 2 is 2.33 bits per heavy atom. The maximum Gasteiger partial charge on any atom is 0.248 e. The van der Waals surface area contributed by atoms with Gasteiger partial charge in [-0.05, 0) is 6.07 Å². The van der Waals surface area contributed by atoms with Gasteiger partial charge in [0, 0.05) is 30.1 Å². The average Bonchev–Trinajstić information content (AvgIpc) is 2.67. The predicted molar refractivity (Wildman–Crippen MR) is 54.8 cm³/mol. The smallest absolute Gasteiger partial charge is 0.248 e. The lowest BCUT2D eigenvalue weighted by molar-refractivity contribution is 0.513. The van der Waals surface area contributed by atoms with E-state index in [2.05, 4.69) is 15.2 Å². The molecule has 1 N–H and O–H groups in total. The highest BCUT2D eigenvalue weighted by Gasteiger charge is 2.07. The van der Waals surface area contributed by atoms with Gasteiger partial charge in [-0.15, -0.1) is 21.8 Å². The van der Waals surface area contributed by atoms with Crippen molar-refractivity contribution in [3.63, 3.8) is 0 Å². The predicted octanol–water partition coefficient (Wildman–Crippen LogP) is 1.21. The Morgan fingerprint density at radius 3 is 3.07 bits per heavy atom. The molecule has 0 atom stereocenters. The molecule has 0 aromatic carbocycles. The molecule has 5 nitrogen and oxygen atoms in total. The summed E-state index contributed by atoms with van der Waals surface area (Å²) in [5.74, 6) is 1.23. The molecule has 0 fully saturated rings. The van der Waals surface area contributed by atoms with Crippen LogP contribution < -0.4 is 5.56 Å². The molecule has 0 saturated heterocycles. The van der Waals surface area contributed by atoms with E-state index in [4.69, 9.17) is 16.0 Å². The molecule has 2 heterocycles. The fraction of sp³-hybridized carbons (Fsp3) is 0.222. The lowest BCUT2D eigenvalue weighted by atomic mass is 10.3. The molecule has 0 aliphatic rings. The molecular weight excluding hydrogens is 218 g/mol. The minimum atomic E-state index is -0.204. The number of H-pyrrole nitrogens is 1. The van der Waals surface area contributed by atoms with E-state index in [9.17, 15) is 4.79 Å². The van der Waals surface area contributed by atoms with Crippen LogP contribution in [-0.4, -0.2) is 21.1 Å². The van der Waals surface area contributed by atoms with Gasteiger partial charge in [-0.3, -0.25) is 4.79 Å². The summed E-state index contributed by atoms with van der Waals surface area (Å²) in [5.41, 5.74) is 0.400. The van der Waals surface area contributed by atoms with Crippen LogP contribution in [0.15, 0.2) is 27.5 Å². The number of halogens is 1. The van der Waals surface area contributed by atoms with Crippen molar-refractivity contribution < 1.29 is 4.42 Å². The number of nitrogens with zero attached hydrogens (tertiary/aromatic N) is 2. The molecule has 2 rings (SSSR count). The van der Waals surface area contributed by atoms with Crippen LogP contribution in [0.25, 0.3) is 11.5 Å². The number of alkyl halides is 1. The largest absolute Gasteiger partial charge is 0.421 e. The maximum absolute atomic E-state index is 11.0. The van der Waals surface area contributed by atoms with Gasteiger partial charge in [0.15, 0.2) is 0 Å². The van der Waals surface area contributed by atoms with E-state index >= 15 is 0 Å². The Morgan fingerprint density at radius 1 is 1.47 bits per heavy atom. The molecule has 0 bridgehead atoms. The molecule has 0 amide bonds. The lowest BCUT2D eigenvalue weighted by Crippen LogP contribution is -2.01. The number of pyridine rings is 1. The molecule has 6 heteroatoms. The summed E-state index contributed by atoms with van der Waals surface area (Å²) in [6.07, 6.45) is 2.06. The average molecular weight is 226 g/mol. The fourth-order valence-corrected chi connectivity index (χ4v) is 1.29. The summed E-state index contributed by atoms with van der Waals surface area (Å²) in [5, 5.41) is 7.62. The van der Waals surface area contributed by atoms with E-state index in [1.54, 1.807) is 6.07 Å². The van der Waals surface area contributed by atoms with Crippen LogP contribution in [0.5, 0.6) is 0 Å². The zero-order valence-corrected chi connectivity index (χ0v) is 8.49. The number of aryl methyl sites for hydroxylation is 1. The van der Waals surface area contributed by atoms with Crippen molar-refractivity contribution in [2.24, 2.45) is 0 Å². The van der Waals surface area contributed by atoms with Crippen LogP contribution in [0, 0.1) is 0 Å². The summed E-state index contributed by atoms with van der Waals surface area (Å²) in [7, 11) is 0. The Balaban J connectivity index is 2.33. The van der Waals surface area contributed by atoms with Crippen molar-refractivity contribution in [1.82, 2.24) is 15.2 Å². The highest BCUT2D eigenvalue weighted by atomic mass is 35.5. The summed E-state index contributed by atoms with van der Waals surface area (Å²) in [4.78, 5) is 13.5. The van der Waals surface area contributed by atoms with E-state index in [1.807, 2.05) is 0 Å². The van der Waals surface area contributed by atoms with Crippen molar-refractivity contribution in [3.8, 4) is 11.5 Å². The standard InChI is InChI=1S/C9H8ClN3O2/c10-3-1-8-12-13-9(15-8)6-2-4-11-7(14)5-6/h2,4-5H,1,3H2,(H,11,14). The highest BCUT2D eigenvalue weighted by Crippen LogP contribution is 2.15. The number of hydrogen-bond acceptors (Lipinski definition) is 4. The molecule has 0 unspecified atom stereocenters. The van der Waals surface area contributed by atoms with E-state index in [0.717, 1.165) is 0 Å². The third-order valence-electron chi connectivity index (χ3n) is 1.80. The molecule has 0 saturated carbocycles. The molecule has 15 heavy (non-hydrogen) atoms. The van der Waals surface area contributed by atoms with Crippen LogP contribution in [-0.2, 0) is 6.42 Å².